The zero-order valence-electron chi connectivity index (χ0n) is 6.41. The van der Waals surface area contributed by atoms with Gasteiger partial charge >= 0.3 is 6.18 Å². The summed E-state index contributed by atoms with van der Waals surface area (Å²) in [7, 11) is 0. The minimum atomic E-state index is -4.01. The molecule has 0 radical (unpaired) electrons. The molecule has 0 aromatic heterocycles. The first-order chi connectivity index (χ1) is 5.05. The van der Waals surface area contributed by atoms with Gasteiger partial charge < -0.3 is 5.32 Å². The molecule has 1 rings (SSSR count). The van der Waals surface area contributed by atoms with Gasteiger partial charge in [0.2, 0.25) is 0 Å². The smallest absolute Gasteiger partial charge is 0.313 e. The molecule has 0 aromatic rings. The van der Waals surface area contributed by atoms with Gasteiger partial charge in [0, 0.05) is 6.04 Å². The van der Waals surface area contributed by atoms with Gasteiger partial charge in [-0.25, -0.2) is 0 Å². The first-order valence-electron chi connectivity index (χ1n) is 3.85. The Balaban J connectivity index is 2.57. The number of rotatable bonds is 1. The van der Waals surface area contributed by atoms with Crippen LogP contribution in [-0.2, 0) is 0 Å². The van der Waals surface area contributed by atoms with E-state index in [1.807, 2.05) is 0 Å². The molecule has 1 aliphatic heterocycles. The predicted molar refractivity (Wildman–Crippen MR) is 36.2 cm³/mol. The third-order valence-corrected chi connectivity index (χ3v) is 2.21. The van der Waals surface area contributed by atoms with Crippen LogP contribution < -0.4 is 5.32 Å². The van der Waals surface area contributed by atoms with Gasteiger partial charge in [0.1, 0.15) is 0 Å². The highest BCUT2D eigenvalue weighted by atomic mass is 19.4. The van der Waals surface area contributed by atoms with E-state index in [0.717, 1.165) is 0 Å². The van der Waals surface area contributed by atoms with Gasteiger partial charge in [-0.05, 0) is 19.4 Å². The first kappa shape index (κ1) is 8.84. The predicted octanol–water partition coefficient (Wildman–Crippen LogP) is 1.94. The first-order valence-corrected chi connectivity index (χ1v) is 3.85. The van der Waals surface area contributed by atoms with Crippen molar-refractivity contribution >= 4 is 0 Å². The summed E-state index contributed by atoms with van der Waals surface area (Å²) in [6.45, 7) is 2.28. The summed E-state index contributed by atoms with van der Waals surface area (Å²) >= 11 is 0. The topological polar surface area (TPSA) is 12.0 Å². The Kier molecular flexibility index (Phi) is 2.42. The Morgan fingerprint density at radius 3 is 2.45 bits per heavy atom. The third-order valence-electron chi connectivity index (χ3n) is 2.21. The fourth-order valence-electron chi connectivity index (χ4n) is 1.59. The summed E-state index contributed by atoms with van der Waals surface area (Å²) in [6.07, 6.45) is -3.21. The van der Waals surface area contributed by atoms with Gasteiger partial charge in [-0.15, -0.1) is 0 Å². The van der Waals surface area contributed by atoms with Gasteiger partial charge in [-0.3, -0.25) is 0 Å². The Morgan fingerprint density at radius 2 is 2.09 bits per heavy atom. The Bertz CT molecular complexity index is 132. The monoisotopic (exact) mass is 167 g/mol. The summed E-state index contributed by atoms with van der Waals surface area (Å²) in [4.78, 5) is 0. The molecule has 1 N–H and O–H groups in total. The molecule has 1 aliphatic rings. The number of hydrogen-bond donors (Lipinski definition) is 1. The van der Waals surface area contributed by atoms with Crippen LogP contribution in [0.1, 0.15) is 19.8 Å². The van der Waals surface area contributed by atoms with Gasteiger partial charge in [0.15, 0.2) is 0 Å². The maximum atomic E-state index is 12.2. The molecule has 1 heterocycles. The average molecular weight is 167 g/mol. The van der Waals surface area contributed by atoms with Crippen molar-refractivity contribution in [1.29, 1.82) is 0 Å². The summed E-state index contributed by atoms with van der Waals surface area (Å²) in [6, 6.07) is -0.352. The molecule has 0 saturated carbocycles. The normalized spacial score (nSPS) is 32.7. The van der Waals surface area contributed by atoms with Crippen molar-refractivity contribution in [3.63, 3.8) is 0 Å². The average Bonchev–Trinajstić information content (AvgIpc) is 2.31. The van der Waals surface area contributed by atoms with Crippen molar-refractivity contribution in [2.45, 2.75) is 32.0 Å². The standard InChI is InChI=1S/C7H12F3N/c1-2-6-5(3-4-11-6)7(8,9)10/h5-6,11H,2-4H2,1H3. The van der Waals surface area contributed by atoms with Crippen molar-refractivity contribution in [2.75, 3.05) is 6.54 Å². The molecule has 0 bridgehead atoms. The lowest BCUT2D eigenvalue weighted by molar-refractivity contribution is -0.176. The molecule has 1 nitrogen and oxygen atoms in total. The molecule has 1 saturated heterocycles. The lowest BCUT2D eigenvalue weighted by Gasteiger charge is -2.20. The van der Waals surface area contributed by atoms with E-state index in [1.165, 1.54) is 0 Å². The molecule has 2 unspecified atom stereocenters. The minimum absolute atomic E-state index is 0.238. The van der Waals surface area contributed by atoms with E-state index in [4.69, 9.17) is 0 Å². The summed E-state index contributed by atoms with van der Waals surface area (Å²) in [5.74, 6) is -1.12. The highest BCUT2D eigenvalue weighted by molar-refractivity contribution is 4.86. The number of halogens is 3. The van der Waals surface area contributed by atoms with Gasteiger partial charge in [-0.1, -0.05) is 6.92 Å². The van der Waals surface area contributed by atoms with Crippen LogP contribution in [0.15, 0.2) is 0 Å². The third kappa shape index (κ3) is 1.86. The molecule has 2 atom stereocenters. The molecule has 1 fully saturated rings. The molecule has 0 aliphatic carbocycles. The van der Waals surface area contributed by atoms with Crippen LogP contribution >= 0.6 is 0 Å². The molecule has 0 amide bonds. The molecular weight excluding hydrogens is 155 g/mol. The van der Waals surface area contributed by atoms with E-state index < -0.39 is 12.1 Å². The number of nitrogens with one attached hydrogen (secondary N) is 1. The highest BCUT2D eigenvalue weighted by Crippen LogP contribution is 2.34. The SMILES string of the molecule is CCC1NCCC1C(F)(F)F. The van der Waals surface area contributed by atoms with Crippen LogP contribution in [0.2, 0.25) is 0 Å². The molecule has 11 heavy (non-hydrogen) atoms. The van der Waals surface area contributed by atoms with Gasteiger partial charge in [-0.2, -0.15) is 13.2 Å². The van der Waals surface area contributed by atoms with Crippen LogP contribution in [0.25, 0.3) is 0 Å². The largest absolute Gasteiger partial charge is 0.393 e. The minimum Gasteiger partial charge on any atom is -0.313 e. The van der Waals surface area contributed by atoms with E-state index in [0.29, 0.717) is 13.0 Å². The molecule has 0 aromatic carbocycles. The van der Waals surface area contributed by atoms with Crippen molar-refractivity contribution in [1.82, 2.24) is 5.32 Å². The van der Waals surface area contributed by atoms with Crippen LogP contribution in [0.4, 0.5) is 13.2 Å². The second-order valence-corrected chi connectivity index (χ2v) is 2.91. The van der Waals surface area contributed by atoms with Crippen LogP contribution in [-0.4, -0.2) is 18.8 Å². The van der Waals surface area contributed by atoms with Crippen molar-refractivity contribution < 1.29 is 13.2 Å². The molecule has 0 spiro atoms. The molecule has 4 heteroatoms. The zero-order chi connectivity index (χ0) is 8.48. The lowest BCUT2D eigenvalue weighted by atomic mass is 9.98. The number of alkyl halides is 3. The maximum Gasteiger partial charge on any atom is 0.393 e. The fraction of sp³-hybridized carbons (Fsp3) is 1.00. The number of hydrogen-bond acceptors (Lipinski definition) is 1. The van der Waals surface area contributed by atoms with Crippen molar-refractivity contribution in [3.8, 4) is 0 Å². The van der Waals surface area contributed by atoms with Gasteiger partial charge in [0.05, 0.1) is 5.92 Å². The van der Waals surface area contributed by atoms with E-state index >= 15 is 0 Å². The van der Waals surface area contributed by atoms with E-state index in [9.17, 15) is 13.2 Å². The Labute approximate surface area is 64.0 Å². The fourth-order valence-corrected chi connectivity index (χ4v) is 1.59. The van der Waals surface area contributed by atoms with Crippen LogP contribution in [0.3, 0.4) is 0 Å². The van der Waals surface area contributed by atoms with E-state index in [1.54, 1.807) is 6.92 Å². The molecular formula is C7H12F3N. The van der Waals surface area contributed by atoms with Crippen molar-refractivity contribution in [2.24, 2.45) is 5.92 Å². The van der Waals surface area contributed by atoms with E-state index in [-0.39, 0.29) is 12.5 Å². The Morgan fingerprint density at radius 1 is 1.45 bits per heavy atom. The van der Waals surface area contributed by atoms with Gasteiger partial charge in [0.25, 0.3) is 0 Å². The van der Waals surface area contributed by atoms with Crippen molar-refractivity contribution in [3.05, 3.63) is 0 Å². The quantitative estimate of drug-likeness (QED) is 0.629. The second kappa shape index (κ2) is 3.01. The summed E-state index contributed by atoms with van der Waals surface area (Å²) < 4.78 is 36.5. The lowest BCUT2D eigenvalue weighted by Crippen LogP contribution is -2.34. The Hall–Kier alpha value is -0.250. The maximum absolute atomic E-state index is 12.2. The highest BCUT2D eigenvalue weighted by Gasteiger charge is 2.45. The zero-order valence-corrected chi connectivity index (χ0v) is 6.41. The van der Waals surface area contributed by atoms with Crippen LogP contribution in [0, 0.1) is 5.92 Å². The van der Waals surface area contributed by atoms with E-state index in [2.05, 4.69) is 5.32 Å². The second-order valence-electron chi connectivity index (χ2n) is 2.91. The van der Waals surface area contributed by atoms with Crippen LogP contribution in [0.5, 0.6) is 0 Å². The molecule has 66 valence electrons. The summed E-state index contributed by atoms with van der Waals surface area (Å²) in [5, 5.41) is 2.84. The summed E-state index contributed by atoms with van der Waals surface area (Å²) in [5.41, 5.74) is 0.